The van der Waals surface area contributed by atoms with Gasteiger partial charge in [-0.25, -0.2) is 0 Å². The molecule has 5 heteroatoms. The summed E-state index contributed by atoms with van der Waals surface area (Å²) in [5, 5.41) is 0. The highest BCUT2D eigenvalue weighted by Gasteiger charge is 2.27. The topological polar surface area (TPSA) is 42.0 Å². The molecule has 2 aromatic rings. The van der Waals surface area contributed by atoms with Crippen LogP contribution in [0.4, 0.5) is 0 Å². The third-order valence-corrected chi connectivity index (χ3v) is 4.38. The predicted molar refractivity (Wildman–Crippen MR) is 103 cm³/mol. The summed E-state index contributed by atoms with van der Waals surface area (Å²) in [7, 11) is 8.03. The number of carbonyl (C=O) groups excluding carboxylic acids is 1. The number of carbonyl (C=O) groups is 1. The summed E-state index contributed by atoms with van der Waals surface area (Å²) in [6.45, 7) is 2.89. The molecule has 0 saturated heterocycles. The molecular weight excluding hydrogens is 328 g/mol. The van der Waals surface area contributed by atoms with Gasteiger partial charge in [0.05, 0.1) is 0 Å². The molecule has 0 unspecified atom stereocenters. The van der Waals surface area contributed by atoms with Crippen molar-refractivity contribution in [2.45, 2.75) is 0 Å². The maximum atomic E-state index is 12.7. The third-order valence-electron chi connectivity index (χ3n) is 4.38. The quantitative estimate of drug-likeness (QED) is 0.622. The molecule has 0 amide bonds. The Hall–Kier alpha value is -2.37. The Kier molecular flexibility index (Phi) is 5.59. The van der Waals surface area contributed by atoms with Crippen molar-refractivity contribution in [3.8, 4) is 22.6 Å². The van der Waals surface area contributed by atoms with Gasteiger partial charge in [0.15, 0.2) is 5.78 Å². The van der Waals surface area contributed by atoms with Gasteiger partial charge < -0.3 is 19.3 Å². The van der Waals surface area contributed by atoms with E-state index in [1.165, 1.54) is 0 Å². The Labute approximate surface area is 155 Å². The van der Waals surface area contributed by atoms with Gasteiger partial charge in [-0.2, -0.15) is 0 Å². The number of hydrogen-bond acceptors (Lipinski definition) is 5. The van der Waals surface area contributed by atoms with E-state index in [1.54, 1.807) is 0 Å². The molecule has 1 aliphatic rings. The molecular formula is C21H26N2O3. The lowest BCUT2D eigenvalue weighted by Gasteiger charge is -2.12. The van der Waals surface area contributed by atoms with E-state index in [4.69, 9.17) is 9.47 Å². The molecule has 138 valence electrons. The van der Waals surface area contributed by atoms with Crippen LogP contribution in [0.1, 0.15) is 15.9 Å². The first-order valence-electron chi connectivity index (χ1n) is 8.84. The summed E-state index contributed by atoms with van der Waals surface area (Å²) in [5.74, 6) is 1.57. The lowest BCUT2D eigenvalue weighted by Crippen LogP contribution is -2.19. The number of hydrogen-bond donors (Lipinski definition) is 0. The van der Waals surface area contributed by atoms with E-state index in [-0.39, 0.29) is 5.78 Å². The van der Waals surface area contributed by atoms with Crippen molar-refractivity contribution in [3.63, 3.8) is 0 Å². The van der Waals surface area contributed by atoms with Crippen LogP contribution in [0.2, 0.25) is 0 Å². The number of rotatable bonds is 8. The maximum absolute atomic E-state index is 12.7. The van der Waals surface area contributed by atoms with Crippen molar-refractivity contribution in [1.29, 1.82) is 0 Å². The fraction of sp³-hybridized carbons (Fsp3) is 0.381. The Bertz CT molecular complexity index is 800. The van der Waals surface area contributed by atoms with Crippen LogP contribution in [-0.4, -0.2) is 70.1 Å². The average Bonchev–Trinajstić information content (AvgIpc) is 2.86. The second-order valence-electron chi connectivity index (χ2n) is 7.05. The van der Waals surface area contributed by atoms with E-state index < -0.39 is 0 Å². The number of likely N-dealkylation sites (N-methyl/N-ethyl adjacent to an activating group) is 2. The maximum Gasteiger partial charge on any atom is 0.194 e. The van der Waals surface area contributed by atoms with Crippen LogP contribution in [0.3, 0.4) is 0 Å². The van der Waals surface area contributed by atoms with Gasteiger partial charge in [0, 0.05) is 24.2 Å². The molecule has 0 N–H and O–H groups in total. The molecule has 1 aliphatic carbocycles. The van der Waals surface area contributed by atoms with Gasteiger partial charge in [-0.1, -0.05) is 0 Å². The average molecular weight is 354 g/mol. The number of fused-ring (bicyclic) bond motifs is 3. The normalized spacial score (nSPS) is 12.5. The molecule has 0 spiro atoms. The second kappa shape index (κ2) is 7.89. The minimum Gasteiger partial charge on any atom is -0.492 e. The van der Waals surface area contributed by atoms with E-state index in [9.17, 15) is 4.79 Å². The largest absolute Gasteiger partial charge is 0.492 e. The van der Waals surface area contributed by atoms with Crippen LogP contribution < -0.4 is 9.47 Å². The molecule has 0 saturated carbocycles. The third kappa shape index (κ3) is 4.06. The monoisotopic (exact) mass is 354 g/mol. The number of ether oxygens (including phenoxy) is 2. The zero-order valence-electron chi connectivity index (χ0n) is 15.9. The number of ketones is 1. The molecule has 0 aliphatic heterocycles. The molecule has 2 aromatic carbocycles. The molecule has 5 nitrogen and oxygen atoms in total. The second-order valence-corrected chi connectivity index (χ2v) is 7.05. The summed E-state index contributed by atoms with van der Waals surface area (Å²) in [4.78, 5) is 16.9. The number of nitrogens with zero attached hydrogens (tertiary/aromatic N) is 2. The fourth-order valence-corrected chi connectivity index (χ4v) is 2.91. The van der Waals surface area contributed by atoms with Crippen molar-refractivity contribution in [3.05, 3.63) is 47.5 Å². The van der Waals surface area contributed by atoms with Gasteiger partial charge in [-0.05, 0) is 75.7 Å². The standard InChI is InChI=1S/C21H26N2O3/c1-22(2)9-11-25-15-6-8-18-19(13-15)17-7-5-16(14-20(17)21(18)24)26-12-10-23(3)4/h5-8,13-14H,9-12H2,1-4H3. The van der Waals surface area contributed by atoms with Crippen LogP contribution in [0.15, 0.2) is 36.4 Å². The highest BCUT2D eigenvalue weighted by atomic mass is 16.5. The van der Waals surface area contributed by atoms with Crippen LogP contribution in [-0.2, 0) is 0 Å². The van der Waals surface area contributed by atoms with Crippen LogP contribution in [0.5, 0.6) is 11.5 Å². The van der Waals surface area contributed by atoms with Crippen LogP contribution >= 0.6 is 0 Å². The Morgan fingerprint density at radius 1 is 0.692 bits per heavy atom. The van der Waals surface area contributed by atoms with E-state index in [1.807, 2.05) is 64.6 Å². The summed E-state index contributed by atoms with van der Waals surface area (Å²) in [6.07, 6.45) is 0. The molecule has 0 aromatic heterocycles. The Balaban J connectivity index is 1.77. The molecule has 26 heavy (non-hydrogen) atoms. The van der Waals surface area contributed by atoms with Crippen molar-refractivity contribution in [1.82, 2.24) is 9.80 Å². The summed E-state index contributed by atoms with van der Waals surface area (Å²) in [5.41, 5.74) is 3.31. The first-order valence-corrected chi connectivity index (χ1v) is 8.84. The van der Waals surface area contributed by atoms with E-state index in [0.717, 1.165) is 41.3 Å². The van der Waals surface area contributed by atoms with Crippen LogP contribution in [0.25, 0.3) is 11.1 Å². The lowest BCUT2D eigenvalue weighted by molar-refractivity contribution is 0.104. The van der Waals surface area contributed by atoms with E-state index >= 15 is 0 Å². The lowest BCUT2D eigenvalue weighted by atomic mass is 10.1. The zero-order valence-corrected chi connectivity index (χ0v) is 15.9. The summed E-state index contributed by atoms with van der Waals surface area (Å²) in [6, 6.07) is 11.4. The Morgan fingerprint density at radius 2 is 1.19 bits per heavy atom. The van der Waals surface area contributed by atoms with Crippen LogP contribution in [0, 0.1) is 0 Å². The highest BCUT2D eigenvalue weighted by Crippen LogP contribution is 2.40. The molecule has 0 heterocycles. The minimum atomic E-state index is 0.0490. The van der Waals surface area contributed by atoms with E-state index in [2.05, 4.69) is 9.80 Å². The highest BCUT2D eigenvalue weighted by molar-refractivity contribution is 6.22. The molecule has 0 fully saturated rings. The van der Waals surface area contributed by atoms with Gasteiger partial charge in [-0.3, -0.25) is 4.79 Å². The smallest absolute Gasteiger partial charge is 0.194 e. The van der Waals surface area contributed by atoms with E-state index in [0.29, 0.717) is 18.8 Å². The van der Waals surface area contributed by atoms with Gasteiger partial charge in [0.25, 0.3) is 0 Å². The van der Waals surface area contributed by atoms with Gasteiger partial charge in [0.1, 0.15) is 24.7 Å². The van der Waals surface area contributed by atoms with Crippen molar-refractivity contribution in [2.75, 3.05) is 54.5 Å². The molecule has 0 bridgehead atoms. The Morgan fingerprint density at radius 3 is 1.73 bits per heavy atom. The van der Waals surface area contributed by atoms with Crippen molar-refractivity contribution < 1.29 is 14.3 Å². The summed E-state index contributed by atoms with van der Waals surface area (Å²) < 4.78 is 11.6. The van der Waals surface area contributed by atoms with Gasteiger partial charge in [-0.15, -0.1) is 0 Å². The first-order chi connectivity index (χ1) is 12.5. The summed E-state index contributed by atoms with van der Waals surface area (Å²) >= 11 is 0. The van der Waals surface area contributed by atoms with Gasteiger partial charge >= 0.3 is 0 Å². The minimum absolute atomic E-state index is 0.0490. The van der Waals surface area contributed by atoms with Crippen molar-refractivity contribution >= 4 is 5.78 Å². The van der Waals surface area contributed by atoms with Gasteiger partial charge in [0.2, 0.25) is 0 Å². The predicted octanol–water partition coefficient (Wildman–Crippen LogP) is 2.78. The first kappa shape index (κ1) is 18.4. The zero-order chi connectivity index (χ0) is 18.7. The molecule has 0 atom stereocenters. The fourth-order valence-electron chi connectivity index (χ4n) is 2.91. The number of benzene rings is 2. The SMILES string of the molecule is CN(C)CCOc1ccc2c(c1)C(=O)c1ccc(OCCN(C)C)cc1-2. The molecule has 0 radical (unpaired) electrons. The van der Waals surface area contributed by atoms with Crippen molar-refractivity contribution in [2.24, 2.45) is 0 Å². The molecule has 3 rings (SSSR count).